The smallest absolute Gasteiger partial charge is 0.191 e. The Kier molecular flexibility index (Phi) is 9.52. The minimum atomic E-state index is -0.224. The molecule has 3 N–H and O–H groups in total. The molecule has 0 aliphatic rings. The van der Waals surface area contributed by atoms with E-state index >= 15 is 0 Å². The van der Waals surface area contributed by atoms with Crippen LogP contribution in [0.4, 0.5) is 4.39 Å². The maximum absolute atomic E-state index is 13.0. The number of benzene rings is 2. The van der Waals surface area contributed by atoms with Gasteiger partial charge in [-0.2, -0.15) is 5.10 Å². The zero-order valence-corrected chi connectivity index (χ0v) is 19.3. The lowest BCUT2D eigenvalue weighted by atomic mass is 10.1. The molecule has 160 valence electrons. The summed E-state index contributed by atoms with van der Waals surface area (Å²) in [6, 6.07) is 14.1. The predicted octanol–water partition coefficient (Wildman–Crippen LogP) is 3.54. The molecule has 0 atom stereocenters. The summed E-state index contributed by atoms with van der Waals surface area (Å²) in [7, 11) is 1.63. The summed E-state index contributed by atoms with van der Waals surface area (Å²) in [4.78, 5) is 9.04. The van der Waals surface area contributed by atoms with Crippen LogP contribution in [0.5, 0.6) is 5.75 Å². The number of nitrogens with zero attached hydrogens (tertiary/aromatic N) is 3. The summed E-state index contributed by atoms with van der Waals surface area (Å²) in [5.74, 6) is 2.55. The first kappa shape index (κ1) is 23.6. The van der Waals surface area contributed by atoms with Crippen molar-refractivity contribution in [1.82, 2.24) is 25.8 Å². The van der Waals surface area contributed by atoms with Gasteiger partial charge in [0.15, 0.2) is 11.8 Å². The maximum Gasteiger partial charge on any atom is 0.191 e. The molecule has 0 fully saturated rings. The molecule has 9 heteroatoms. The van der Waals surface area contributed by atoms with Crippen molar-refractivity contribution in [3.63, 3.8) is 0 Å². The van der Waals surface area contributed by atoms with Crippen LogP contribution in [-0.4, -0.2) is 41.3 Å². The molecule has 7 nitrogen and oxygen atoms in total. The fourth-order valence-corrected chi connectivity index (χ4v) is 2.71. The molecule has 0 unspecified atom stereocenters. The van der Waals surface area contributed by atoms with E-state index in [0.717, 1.165) is 29.8 Å². The lowest BCUT2D eigenvalue weighted by molar-refractivity contribution is 0.415. The highest BCUT2D eigenvalue weighted by atomic mass is 127. The Bertz CT molecular complexity index is 927. The van der Waals surface area contributed by atoms with Gasteiger partial charge in [-0.1, -0.05) is 12.1 Å². The zero-order valence-electron chi connectivity index (χ0n) is 17.0. The van der Waals surface area contributed by atoms with Gasteiger partial charge in [-0.3, -0.25) is 5.10 Å². The van der Waals surface area contributed by atoms with Crippen LogP contribution in [0.2, 0.25) is 0 Å². The first-order valence-electron chi connectivity index (χ1n) is 9.50. The fraction of sp³-hybridized carbons (Fsp3) is 0.286. The van der Waals surface area contributed by atoms with Gasteiger partial charge in [0, 0.05) is 18.7 Å². The summed E-state index contributed by atoms with van der Waals surface area (Å²) in [6.07, 6.45) is 0.772. The Morgan fingerprint density at radius 1 is 1.10 bits per heavy atom. The van der Waals surface area contributed by atoms with Crippen molar-refractivity contribution in [2.45, 2.75) is 19.9 Å². The number of nitrogens with one attached hydrogen (secondary N) is 3. The van der Waals surface area contributed by atoms with E-state index in [1.165, 1.54) is 12.1 Å². The molecular formula is C21H26FIN6O. The van der Waals surface area contributed by atoms with Gasteiger partial charge in [0.1, 0.15) is 23.9 Å². The molecule has 0 saturated carbocycles. The molecular weight excluding hydrogens is 498 g/mol. The molecule has 0 radical (unpaired) electrons. The Morgan fingerprint density at radius 3 is 2.50 bits per heavy atom. The van der Waals surface area contributed by atoms with E-state index in [1.807, 2.05) is 31.2 Å². The number of halogens is 2. The van der Waals surface area contributed by atoms with Crippen LogP contribution >= 0.6 is 24.0 Å². The Morgan fingerprint density at radius 2 is 1.83 bits per heavy atom. The minimum Gasteiger partial charge on any atom is -0.497 e. The Labute approximate surface area is 192 Å². The molecule has 2 aromatic carbocycles. The number of hydrogen-bond acceptors (Lipinski definition) is 4. The summed E-state index contributed by atoms with van der Waals surface area (Å²) in [5, 5.41) is 13.7. The number of H-pyrrole nitrogens is 1. The van der Waals surface area contributed by atoms with Crippen molar-refractivity contribution in [3.8, 4) is 17.1 Å². The molecule has 0 amide bonds. The molecule has 0 aliphatic heterocycles. The average molecular weight is 524 g/mol. The molecule has 3 rings (SSSR count). The second-order valence-corrected chi connectivity index (χ2v) is 6.33. The highest BCUT2D eigenvalue weighted by molar-refractivity contribution is 14.0. The Balaban J connectivity index is 0.00000320. The maximum atomic E-state index is 13.0. The van der Waals surface area contributed by atoms with Crippen molar-refractivity contribution in [1.29, 1.82) is 0 Å². The molecule has 0 spiro atoms. The number of aromatic nitrogens is 3. The third-order valence-corrected chi connectivity index (χ3v) is 4.23. The van der Waals surface area contributed by atoms with E-state index in [2.05, 4.69) is 30.8 Å². The largest absolute Gasteiger partial charge is 0.497 e. The fourth-order valence-electron chi connectivity index (χ4n) is 2.71. The number of hydrogen-bond donors (Lipinski definition) is 3. The SMILES string of the molecule is CCNC(=NCc1nc(-c2ccc(OC)cc2)n[nH]1)NCCc1ccc(F)cc1.I. The van der Waals surface area contributed by atoms with Gasteiger partial charge >= 0.3 is 0 Å². The number of guanidine groups is 1. The van der Waals surface area contributed by atoms with Crippen LogP contribution in [0.1, 0.15) is 18.3 Å². The first-order chi connectivity index (χ1) is 14.2. The predicted molar refractivity (Wildman–Crippen MR) is 127 cm³/mol. The quantitative estimate of drug-likeness (QED) is 0.239. The minimum absolute atomic E-state index is 0. The van der Waals surface area contributed by atoms with Crippen LogP contribution < -0.4 is 15.4 Å². The van der Waals surface area contributed by atoms with Crippen LogP contribution in [0, 0.1) is 5.82 Å². The van der Waals surface area contributed by atoms with E-state index in [1.54, 1.807) is 19.2 Å². The molecule has 3 aromatic rings. The average Bonchev–Trinajstić information content (AvgIpc) is 3.22. The number of ether oxygens (including phenoxy) is 1. The number of methoxy groups -OCH3 is 1. The van der Waals surface area contributed by atoms with Crippen LogP contribution in [0.3, 0.4) is 0 Å². The van der Waals surface area contributed by atoms with Crippen molar-refractivity contribution in [3.05, 3.63) is 65.7 Å². The van der Waals surface area contributed by atoms with Crippen molar-refractivity contribution in [2.24, 2.45) is 4.99 Å². The van der Waals surface area contributed by atoms with E-state index in [0.29, 0.717) is 30.7 Å². The van der Waals surface area contributed by atoms with E-state index < -0.39 is 0 Å². The molecule has 0 aliphatic carbocycles. The first-order valence-corrected chi connectivity index (χ1v) is 9.50. The lowest BCUT2D eigenvalue weighted by Crippen LogP contribution is -2.38. The molecule has 1 aromatic heterocycles. The van der Waals surface area contributed by atoms with E-state index in [9.17, 15) is 4.39 Å². The standard InChI is InChI=1S/C21H25FN6O.HI/c1-3-23-21(24-13-12-15-4-8-17(22)9-5-15)25-14-19-26-20(28-27-19)16-6-10-18(29-2)11-7-16;/h4-11H,3,12-14H2,1-2H3,(H2,23,24,25)(H,26,27,28);1H. The zero-order chi connectivity index (χ0) is 20.5. The summed E-state index contributed by atoms with van der Waals surface area (Å²) in [6.45, 7) is 3.81. The van der Waals surface area contributed by atoms with Gasteiger partial charge in [0.05, 0.1) is 7.11 Å². The van der Waals surface area contributed by atoms with Gasteiger partial charge < -0.3 is 15.4 Å². The second kappa shape index (κ2) is 12.1. The molecule has 30 heavy (non-hydrogen) atoms. The highest BCUT2D eigenvalue weighted by Gasteiger charge is 2.06. The number of rotatable bonds is 8. The Hall–Kier alpha value is -2.69. The molecule has 0 saturated heterocycles. The van der Waals surface area contributed by atoms with E-state index in [-0.39, 0.29) is 29.8 Å². The van der Waals surface area contributed by atoms with Crippen molar-refractivity contribution < 1.29 is 9.13 Å². The van der Waals surface area contributed by atoms with Gasteiger partial charge in [-0.05, 0) is 55.3 Å². The molecule has 1 heterocycles. The van der Waals surface area contributed by atoms with Crippen LogP contribution in [-0.2, 0) is 13.0 Å². The van der Waals surface area contributed by atoms with Crippen LogP contribution in [0.25, 0.3) is 11.4 Å². The van der Waals surface area contributed by atoms with Crippen molar-refractivity contribution in [2.75, 3.05) is 20.2 Å². The lowest BCUT2D eigenvalue weighted by Gasteiger charge is -2.11. The van der Waals surface area contributed by atoms with Crippen LogP contribution in [0.15, 0.2) is 53.5 Å². The second-order valence-electron chi connectivity index (χ2n) is 6.33. The normalized spacial score (nSPS) is 11.0. The van der Waals surface area contributed by atoms with Crippen molar-refractivity contribution >= 4 is 29.9 Å². The third kappa shape index (κ3) is 6.97. The highest BCUT2D eigenvalue weighted by Crippen LogP contribution is 2.19. The topological polar surface area (TPSA) is 87.2 Å². The van der Waals surface area contributed by atoms with Gasteiger partial charge in [-0.25, -0.2) is 14.4 Å². The molecule has 0 bridgehead atoms. The summed E-state index contributed by atoms with van der Waals surface area (Å²) < 4.78 is 18.1. The number of aliphatic imine (C=N–C) groups is 1. The third-order valence-electron chi connectivity index (χ3n) is 4.23. The van der Waals surface area contributed by atoms with Gasteiger partial charge in [0.2, 0.25) is 0 Å². The number of aromatic amines is 1. The van der Waals surface area contributed by atoms with Gasteiger partial charge in [0.25, 0.3) is 0 Å². The monoisotopic (exact) mass is 524 g/mol. The summed E-state index contributed by atoms with van der Waals surface area (Å²) in [5.41, 5.74) is 1.97. The van der Waals surface area contributed by atoms with Gasteiger partial charge in [-0.15, -0.1) is 24.0 Å². The summed E-state index contributed by atoms with van der Waals surface area (Å²) >= 11 is 0. The van der Waals surface area contributed by atoms with E-state index in [4.69, 9.17) is 4.74 Å².